The van der Waals surface area contributed by atoms with E-state index < -0.39 is 80.3 Å². The Morgan fingerprint density at radius 2 is 1.40 bits per heavy atom. The smallest absolute Gasteiger partial charge is 0.407 e. The van der Waals surface area contributed by atoms with E-state index in [9.17, 15) is 18.3 Å². The fourth-order valence-corrected chi connectivity index (χ4v) is 10.8. The molecule has 0 aromatic heterocycles. The molecule has 4 rings (SSSR count). The van der Waals surface area contributed by atoms with Crippen LogP contribution in [0.15, 0.2) is 65.6 Å². The van der Waals surface area contributed by atoms with Gasteiger partial charge in [0, 0.05) is 11.8 Å². The van der Waals surface area contributed by atoms with Crippen LogP contribution in [0.1, 0.15) is 60.5 Å². The standard InChI is InChI=1S/C36H57NO8SSi2/c1-24-31(37-34(39)42-23-25-18-14-12-15-19-25)30-29(33(43-24)45-48(10,11)36(5,6)7)28(46(40,41)26-20-16-13-17-21-26)22-27(32(30)38)44-47(8,9)35(2,3)4/h12-21,24,27-33,38H,22-23H2,1-11H3,(H,37,39)/t24-,27-,28-,29+,30-,31+,32+,33?/m1/s1. The second-order valence-electron chi connectivity index (χ2n) is 16.5. The van der Waals surface area contributed by atoms with Crippen LogP contribution in [0.4, 0.5) is 4.79 Å². The van der Waals surface area contributed by atoms with Crippen LogP contribution in [0, 0.1) is 11.8 Å². The molecule has 1 saturated carbocycles. The summed E-state index contributed by atoms with van der Waals surface area (Å²) in [6.45, 7) is 23.0. The molecule has 0 spiro atoms. The fraction of sp³-hybridized carbons (Fsp3) is 0.639. The molecule has 1 saturated heterocycles. The van der Waals surface area contributed by atoms with Gasteiger partial charge in [-0.05, 0) is 67.3 Å². The Morgan fingerprint density at radius 1 is 0.875 bits per heavy atom. The van der Waals surface area contributed by atoms with Gasteiger partial charge in [-0.2, -0.15) is 0 Å². The van der Waals surface area contributed by atoms with Gasteiger partial charge < -0.3 is 28.7 Å². The number of rotatable bonds is 9. The number of hydrogen-bond acceptors (Lipinski definition) is 8. The first kappa shape index (κ1) is 38.7. The van der Waals surface area contributed by atoms with Crippen LogP contribution >= 0.6 is 0 Å². The SMILES string of the molecule is C[C@H]1OC(O[Si](C)(C)C(C)(C)C)[C@@H]2[C@@H]([C@@H](O)[C@H](O[Si](C)(C)C(C)(C)C)C[C@H]2S(=O)(=O)c2ccccc2)[C@H]1NC(=O)OCc1ccccc1. The molecule has 0 radical (unpaired) electrons. The van der Waals surface area contributed by atoms with E-state index in [0.717, 1.165) is 5.56 Å². The number of hydrogen-bond donors (Lipinski definition) is 2. The summed E-state index contributed by atoms with van der Waals surface area (Å²) in [6.07, 6.45) is -4.08. The average Bonchev–Trinajstić information content (AvgIpc) is 2.98. The van der Waals surface area contributed by atoms with Crippen LogP contribution < -0.4 is 5.32 Å². The summed E-state index contributed by atoms with van der Waals surface area (Å²) in [7, 11) is -8.98. The first-order valence-corrected chi connectivity index (χ1v) is 24.4. The molecule has 8 atom stereocenters. The highest BCUT2D eigenvalue weighted by Gasteiger charge is 2.61. The van der Waals surface area contributed by atoms with Crippen molar-refractivity contribution in [1.29, 1.82) is 0 Å². The number of ether oxygens (including phenoxy) is 2. The molecule has 1 amide bonds. The van der Waals surface area contributed by atoms with Gasteiger partial charge in [-0.3, -0.25) is 0 Å². The van der Waals surface area contributed by atoms with E-state index in [-0.39, 0.29) is 28.0 Å². The topological polar surface area (TPSA) is 120 Å². The summed E-state index contributed by atoms with van der Waals surface area (Å²) < 4.78 is 55.4. The molecule has 2 N–H and O–H groups in total. The molecular weight excluding hydrogens is 663 g/mol. The molecule has 12 heteroatoms. The Morgan fingerprint density at radius 3 is 1.94 bits per heavy atom. The van der Waals surface area contributed by atoms with Crippen molar-refractivity contribution in [2.75, 3.05) is 0 Å². The molecule has 9 nitrogen and oxygen atoms in total. The van der Waals surface area contributed by atoms with E-state index in [4.69, 9.17) is 18.3 Å². The van der Waals surface area contributed by atoms with E-state index in [1.54, 1.807) is 30.3 Å². The highest BCUT2D eigenvalue weighted by Crippen LogP contribution is 2.50. The van der Waals surface area contributed by atoms with Crippen LogP contribution in [0.5, 0.6) is 0 Å². The van der Waals surface area contributed by atoms with Crippen molar-refractivity contribution in [2.45, 2.75) is 139 Å². The van der Waals surface area contributed by atoms with Gasteiger partial charge in [-0.1, -0.05) is 90.1 Å². The number of benzene rings is 2. The van der Waals surface area contributed by atoms with E-state index in [1.807, 2.05) is 37.3 Å². The van der Waals surface area contributed by atoms with Crippen LogP contribution in [0.3, 0.4) is 0 Å². The van der Waals surface area contributed by atoms with E-state index in [1.165, 1.54) is 0 Å². The lowest BCUT2D eigenvalue weighted by molar-refractivity contribution is -0.239. The molecule has 1 unspecified atom stereocenters. The summed E-state index contributed by atoms with van der Waals surface area (Å²) in [6, 6.07) is 17.0. The normalized spacial score (nSPS) is 28.8. The summed E-state index contributed by atoms with van der Waals surface area (Å²) in [5, 5.41) is 13.9. The third-order valence-electron chi connectivity index (χ3n) is 11.1. The molecule has 268 valence electrons. The Hall–Kier alpha value is -2.07. The molecule has 2 aliphatic rings. The van der Waals surface area contributed by atoms with Gasteiger partial charge in [-0.25, -0.2) is 13.2 Å². The van der Waals surface area contributed by atoms with Crippen LogP contribution in [-0.2, 0) is 34.8 Å². The van der Waals surface area contributed by atoms with Gasteiger partial charge in [0.05, 0.1) is 34.5 Å². The zero-order valence-corrected chi connectivity index (χ0v) is 33.3. The quantitative estimate of drug-likeness (QED) is 0.260. The highest BCUT2D eigenvalue weighted by molar-refractivity contribution is 7.92. The molecule has 1 heterocycles. The lowest BCUT2D eigenvalue weighted by Gasteiger charge is -2.56. The number of sulfone groups is 1. The van der Waals surface area contributed by atoms with E-state index >= 15 is 0 Å². The minimum absolute atomic E-state index is 0.0600. The minimum Gasteiger partial charge on any atom is -0.445 e. The van der Waals surface area contributed by atoms with Crippen molar-refractivity contribution in [1.82, 2.24) is 5.32 Å². The monoisotopic (exact) mass is 719 g/mol. The lowest BCUT2D eigenvalue weighted by atomic mass is 9.68. The number of amides is 1. The van der Waals surface area contributed by atoms with Crippen LogP contribution in [-0.4, -0.2) is 72.1 Å². The van der Waals surface area contributed by atoms with Crippen molar-refractivity contribution in [3.8, 4) is 0 Å². The van der Waals surface area contributed by atoms with Crippen LogP contribution in [0.25, 0.3) is 0 Å². The van der Waals surface area contributed by atoms with Crippen molar-refractivity contribution in [2.24, 2.45) is 11.8 Å². The molecular formula is C36H57NO8SSi2. The average molecular weight is 720 g/mol. The number of alkyl carbamates (subject to hydrolysis) is 1. The molecule has 1 aliphatic heterocycles. The molecule has 48 heavy (non-hydrogen) atoms. The maximum Gasteiger partial charge on any atom is 0.407 e. The number of aliphatic hydroxyl groups excluding tert-OH is 1. The van der Waals surface area contributed by atoms with Crippen molar-refractivity contribution in [3.63, 3.8) is 0 Å². The summed E-state index contributed by atoms with van der Waals surface area (Å²) in [5.74, 6) is -1.59. The van der Waals surface area contributed by atoms with Crippen LogP contribution in [0.2, 0.25) is 36.3 Å². The maximum atomic E-state index is 14.7. The minimum atomic E-state index is -3.98. The van der Waals surface area contributed by atoms with Gasteiger partial charge >= 0.3 is 6.09 Å². The first-order valence-electron chi connectivity index (χ1n) is 17.0. The predicted octanol–water partition coefficient (Wildman–Crippen LogP) is 7.28. The Balaban J connectivity index is 1.82. The largest absolute Gasteiger partial charge is 0.445 e. The van der Waals surface area contributed by atoms with Gasteiger partial charge in [0.2, 0.25) is 0 Å². The maximum absolute atomic E-state index is 14.7. The second kappa shape index (κ2) is 14.3. The summed E-state index contributed by atoms with van der Waals surface area (Å²) in [4.78, 5) is 13.5. The Bertz CT molecular complexity index is 1490. The highest BCUT2D eigenvalue weighted by atomic mass is 32.2. The number of nitrogens with one attached hydrogen (secondary N) is 1. The van der Waals surface area contributed by atoms with Gasteiger partial charge in [0.25, 0.3) is 0 Å². The number of carbonyl (C=O) groups is 1. The summed E-state index contributed by atoms with van der Waals surface area (Å²) in [5.41, 5.74) is 0.829. The van der Waals surface area contributed by atoms with Gasteiger partial charge in [-0.15, -0.1) is 0 Å². The van der Waals surface area contributed by atoms with E-state index in [0.29, 0.717) is 0 Å². The molecule has 2 fully saturated rings. The molecule has 1 aliphatic carbocycles. The van der Waals surface area contributed by atoms with Crippen molar-refractivity contribution in [3.05, 3.63) is 66.2 Å². The van der Waals surface area contributed by atoms with Gasteiger partial charge in [0.1, 0.15) is 6.61 Å². The predicted molar refractivity (Wildman–Crippen MR) is 193 cm³/mol. The molecule has 2 aromatic carbocycles. The fourth-order valence-electron chi connectivity index (χ4n) is 6.24. The number of aliphatic hydroxyl groups is 1. The third kappa shape index (κ3) is 8.27. The second-order valence-corrected chi connectivity index (χ2v) is 28.2. The zero-order valence-electron chi connectivity index (χ0n) is 30.5. The third-order valence-corrected chi connectivity index (χ3v) is 22.3. The number of fused-ring (bicyclic) bond motifs is 1. The first-order chi connectivity index (χ1) is 22.1. The molecule has 2 aromatic rings. The zero-order chi connectivity index (χ0) is 35.9. The van der Waals surface area contributed by atoms with E-state index in [2.05, 4.69) is 73.0 Å². The Kier molecular flexibility index (Phi) is 11.5. The summed E-state index contributed by atoms with van der Waals surface area (Å²) >= 11 is 0. The van der Waals surface area contributed by atoms with Crippen molar-refractivity contribution < 1.29 is 36.6 Å². The number of carbonyl (C=O) groups excluding carboxylic acids is 1. The lowest BCUT2D eigenvalue weighted by Crippen LogP contribution is -2.70. The molecule has 0 bridgehead atoms. The Labute approximate surface area is 290 Å². The van der Waals surface area contributed by atoms with Gasteiger partial charge in [0.15, 0.2) is 32.8 Å². The van der Waals surface area contributed by atoms with Crippen molar-refractivity contribution >= 4 is 32.6 Å².